The molecule has 1 unspecified atom stereocenters. The zero-order chi connectivity index (χ0) is 22.2. The van der Waals surface area contributed by atoms with E-state index in [-0.39, 0.29) is 6.10 Å². The molecule has 0 aliphatic heterocycles. The quantitative estimate of drug-likeness (QED) is 0.133. The predicted molar refractivity (Wildman–Crippen MR) is 137 cm³/mol. The van der Waals surface area contributed by atoms with Crippen molar-refractivity contribution in [3.63, 3.8) is 0 Å². The van der Waals surface area contributed by atoms with Crippen LogP contribution in [0.1, 0.15) is 110 Å². The molecule has 0 fully saturated rings. The van der Waals surface area contributed by atoms with Gasteiger partial charge in [-0.25, -0.2) is 0 Å². The molecule has 0 amide bonds. The molecule has 4 heteroatoms. The van der Waals surface area contributed by atoms with Gasteiger partial charge in [0.2, 0.25) is 0 Å². The molecule has 0 aromatic heterocycles. The maximum absolute atomic E-state index is 5.96. The standard InChI is InChI=1S/C27H50O3Si/c1-2-3-4-5-6-7-8-9-10-11-12-13-14-15-16-20-23-28-24-27(25-29-31)30-26-21-18-17-19-22-26/h17-19,21-22,27H,2-16,20,23-25H2,1,31H3. The molecule has 0 N–H and O–H groups in total. The van der Waals surface area contributed by atoms with Crippen LogP contribution in [0, 0.1) is 0 Å². The molecular formula is C27H50O3Si. The van der Waals surface area contributed by atoms with Crippen molar-refractivity contribution in [2.75, 3.05) is 19.8 Å². The zero-order valence-corrected chi connectivity index (χ0v) is 22.6. The second-order valence-electron chi connectivity index (χ2n) is 8.89. The van der Waals surface area contributed by atoms with Crippen LogP contribution in [-0.2, 0) is 9.16 Å². The Balaban J connectivity index is 1.82. The van der Waals surface area contributed by atoms with Gasteiger partial charge >= 0.3 is 0 Å². The Bertz CT molecular complexity index is 469. The fourth-order valence-corrected chi connectivity index (χ4v) is 4.33. The van der Waals surface area contributed by atoms with Crippen LogP contribution in [0.15, 0.2) is 30.3 Å². The number of rotatable bonds is 23. The highest BCUT2D eigenvalue weighted by molar-refractivity contribution is 5.97. The number of ether oxygens (including phenoxy) is 2. The first-order chi connectivity index (χ1) is 15.4. The van der Waals surface area contributed by atoms with Crippen LogP contribution in [-0.4, -0.2) is 36.4 Å². The van der Waals surface area contributed by atoms with Crippen molar-refractivity contribution >= 4 is 10.5 Å². The summed E-state index contributed by atoms with van der Waals surface area (Å²) in [5.41, 5.74) is 0. The Morgan fingerprint density at radius 2 is 1.13 bits per heavy atom. The van der Waals surface area contributed by atoms with E-state index in [4.69, 9.17) is 13.9 Å². The van der Waals surface area contributed by atoms with Crippen molar-refractivity contribution < 1.29 is 13.9 Å². The summed E-state index contributed by atoms with van der Waals surface area (Å²) in [6.45, 7) is 4.34. The zero-order valence-electron chi connectivity index (χ0n) is 20.6. The first-order valence-corrected chi connectivity index (χ1v) is 14.0. The number of para-hydroxylation sites is 1. The van der Waals surface area contributed by atoms with Crippen LogP contribution in [0.4, 0.5) is 0 Å². The van der Waals surface area contributed by atoms with Crippen LogP contribution in [0.25, 0.3) is 0 Å². The lowest BCUT2D eigenvalue weighted by Crippen LogP contribution is -2.28. The molecule has 31 heavy (non-hydrogen) atoms. The van der Waals surface area contributed by atoms with Crippen LogP contribution in [0.3, 0.4) is 0 Å². The summed E-state index contributed by atoms with van der Waals surface area (Å²) in [6, 6.07) is 9.95. The fraction of sp³-hybridized carbons (Fsp3) is 0.778. The molecule has 0 aliphatic carbocycles. The molecule has 0 saturated heterocycles. The Hall–Kier alpha value is -0.843. The molecule has 1 atom stereocenters. The molecule has 0 spiro atoms. The summed E-state index contributed by atoms with van der Waals surface area (Å²) in [6.07, 6.45) is 22.3. The third kappa shape index (κ3) is 18.4. The van der Waals surface area contributed by atoms with Gasteiger partial charge in [-0.3, -0.25) is 0 Å². The van der Waals surface area contributed by atoms with Crippen molar-refractivity contribution in [2.45, 2.75) is 116 Å². The molecule has 0 aliphatic rings. The van der Waals surface area contributed by atoms with E-state index in [2.05, 4.69) is 6.92 Å². The van der Waals surface area contributed by atoms with Crippen LogP contribution in [0.5, 0.6) is 5.75 Å². The molecule has 0 heterocycles. The smallest absolute Gasteiger partial charge is 0.146 e. The highest BCUT2D eigenvalue weighted by atomic mass is 28.2. The van der Waals surface area contributed by atoms with Crippen molar-refractivity contribution in [3.8, 4) is 5.75 Å². The fourth-order valence-electron chi connectivity index (χ4n) is 3.96. The third-order valence-electron chi connectivity index (χ3n) is 5.84. The van der Waals surface area contributed by atoms with Gasteiger partial charge < -0.3 is 13.9 Å². The van der Waals surface area contributed by atoms with Crippen LogP contribution < -0.4 is 4.74 Å². The van der Waals surface area contributed by atoms with E-state index in [1.807, 2.05) is 30.3 Å². The minimum absolute atomic E-state index is 0.0130. The van der Waals surface area contributed by atoms with E-state index in [1.54, 1.807) is 0 Å². The maximum atomic E-state index is 5.96. The number of unbranched alkanes of at least 4 members (excludes halogenated alkanes) is 15. The lowest BCUT2D eigenvalue weighted by Gasteiger charge is -2.18. The molecule has 0 saturated carbocycles. The largest absolute Gasteiger partial charge is 0.486 e. The second kappa shape index (κ2) is 22.4. The Kier molecular flexibility index (Phi) is 20.3. The predicted octanol–water partition coefficient (Wildman–Crippen LogP) is 7.01. The van der Waals surface area contributed by atoms with Crippen molar-refractivity contribution in [2.24, 2.45) is 0 Å². The Labute approximate surface area is 196 Å². The van der Waals surface area contributed by atoms with E-state index >= 15 is 0 Å². The van der Waals surface area contributed by atoms with E-state index in [0.29, 0.717) is 13.2 Å². The van der Waals surface area contributed by atoms with Gasteiger partial charge in [-0.15, -0.1) is 0 Å². The molecule has 3 nitrogen and oxygen atoms in total. The van der Waals surface area contributed by atoms with Gasteiger partial charge in [0.05, 0.1) is 13.2 Å². The van der Waals surface area contributed by atoms with Crippen LogP contribution >= 0.6 is 0 Å². The summed E-state index contributed by atoms with van der Waals surface area (Å²) >= 11 is 0. The average molecular weight is 451 g/mol. The molecule has 1 aromatic rings. The SMILES string of the molecule is CCCCCCCCCCCCCCCCCCOCC(CO[SiH3])Oc1ccccc1. The first-order valence-electron chi connectivity index (χ1n) is 13.1. The molecule has 1 rings (SSSR count). The lowest BCUT2D eigenvalue weighted by atomic mass is 10.0. The normalized spacial score (nSPS) is 12.3. The van der Waals surface area contributed by atoms with Crippen molar-refractivity contribution in [1.82, 2.24) is 0 Å². The third-order valence-corrected chi connectivity index (χ3v) is 6.18. The summed E-state index contributed by atoms with van der Waals surface area (Å²) in [5, 5.41) is 0. The summed E-state index contributed by atoms with van der Waals surface area (Å²) in [5.74, 6) is 0.886. The van der Waals surface area contributed by atoms with Gasteiger partial charge in [0.25, 0.3) is 0 Å². The molecule has 1 aromatic carbocycles. The van der Waals surface area contributed by atoms with Gasteiger partial charge in [-0.2, -0.15) is 0 Å². The van der Waals surface area contributed by atoms with E-state index in [1.165, 1.54) is 96.3 Å². The molecule has 0 bridgehead atoms. The van der Waals surface area contributed by atoms with E-state index < -0.39 is 0 Å². The summed E-state index contributed by atoms with van der Waals surface area (Å²) in [7, 11) is 0.730. The van der Waals surface area contributed by atoms with E-state index in [9.17, 15) is 0 Å². The van der Waals surface area contributed by atoms with E-state index in [0.717, 1.165) is 29.3 Å². The first kappa shape index (κ1) is 28.2. The molecule has 0 radical (unpaired) electrons. The van der Waals surface area contributed by atoms with Crippen molar-refractivity contribution in [3.05, 3.63) is 30.3 Å². The second-order valence-corrected chi connectivity index (χ2v) is 9.46. The van der Waals surface area contributed by atoms with Gasteiger partial charge in [-0.05, 0) is 18.6 Å². The van der Waals surface area contributed by atoms with Gasteiger partial charge in [0.15, 0.2) is 0 Å². The number of hydrogen-bond donors (Lipinski definition) is 0. The maximum Gasteiger partial charge on any atom is 0.146 e. The highest BCUT2D eigenvalue weighted by Crippen LogP contribution is 2.14. The Morgan fingerprint density at radius 1 is 0.645 bits per heavy atom. The van der Waals surface area contributed by atoms with Gasteiger partial charge in [0, 0.05) is 6.61 Å². The topological polar surface area (TPSA) is 27.7 Å². The summed E-state index contributed by atoms with van der Waals surface area (Å²) in [4.78, 5) is 0. The average Bonchev–Trinajstić information content (AvgIpc) is 2.79. The minimum Gasteiger partial charge on any atom is -0.486 e. The van der Waals surface area contributed by atoms with Gasteiger partial charge in [-0.1, -0.05) is 121 Å². The highest BCUT2D eigenvalue weighted by Gasteiger charge is 2.10. The number of hydrogen-bond acceptors (Lipinski definition) is 3. The Morgan fingerprint density at radius 3 is 1.61 bits per heavy atom. The molecular weight excluding hydrogens is 400 g/mol. The molecule has 180 valence electrons. The lowest BCUT2D eigenvalue weighted by molar-refractivity contribution is 0.0261. The number of benzene rings is 1. The minimum atomic E-state index is -0.0130. The van der Waals surface area contributed by atoms with Gasteiger partial charge in [0.1, 0.15) is 22.3 Å². The van der Waals surface area contributed by atoms with Crippen LogP contribution in [0.2, 0.25) is 0 Å². The van der Waals surface area contributed by atoms with Crippen molar-refractivity contribution in [1.29, 1.82) is 0 Å². The summed E-state index contributed by atoms with van der Waals surface area (Å²) < 4.78 is 17.2. The monoisotopic (exact) mass is 450 g/mol.